The molecule has 0 aliphatic carbocycles. The number of alkyl halides is 3. The predicted octanol–water partition coefficient (Wildman–Crippen LogP) is 1.51. The lowest BCUT2D eigenvalue weighted by molar-refractivity contribution is -0.0494. The molecule has 0 atom stereocenters. The van der Waals surface area contributed by atoms with Gasteiger partial charge >= 0.3 is 15.5 Å². The molecule has 1 aliphatic rings. The first-order chi connectivity index (χ1) is 11.2. The fourth-order valence-corrected chi connectivity index (χ4v) is 3.28. The van der Waals surface area contributed by atoms with Crippen molar-refractivity contribution in [3.63, 3.8) is 0 Å². The molecule has 1 rings (SSSR count). The highest BCUT2D eigenvalue weighted by molar-refractivity contribution is 14.0. The third kappa shape index (κ3) is 7.83. The lowest BCUT2D eigenvalue weighted by Crippen LogP contribution is -2.51. The van der Waals surface area contributed by atoms with E-state index in [2.05, 4.69) is 15.6 Å². The minimum Gasteiger partial charge on any atom is -0.382 e. The van der Waals surface area contributed by atoms with Crippen molar-refractivity contribution in [1.29, 1.82) is 0 Å². The molecule has 0 amide bonds. The van der Waals surface area contributed by atoms with E-state index in [9.17, 15) is 21.6 Å². The van der Waals surface area contributed by atoms with Crippen LogP contribution in [0.5, 0.6) is 0 Å². The van der Waals surface area contributed by atoms with Crippen LogP contribution < -0.4 is 10.6 Å². The van der Waals surface area contributed by atoms with Gasteiger partial charge in [-0.3, -0.25) is 4.99 Å². The Kier molecular flexibility index (Phi) is 11.2. The number of rotatable bonds is 7. The van der Waals surface area contributed by atoms with Gasteiger partial charge in [-0.25, -0.2) is 8.42 Å². The molecule has 7 nitrogen and oxygen atoms in total. The number of piperidine rings is 1. The van der Waals surface area contributed by atoms with Crippen LogP contribution in [0.2, 0.25) is 0 Å². The Hall–Kier alpha value is -0.340. The second-order valence-corrected chi connectivity index (χ2v) is 7.25. The SMILES string of the molecule is CCOCCCNC(=NC)NC1CCN(S(=O)(=O)C(F)(F)F)CC1.I. The van der Waals surface area contributed by atoms with Gasteiger partial charge in [0.1, 0.15) is 0 Å². The third-order valence-electron chi connectivity index (χ3n) is 3.61. The first-order valence-electron chi connectivity index (χ1n) is 7.83. The van der Waals surface area contributed by atoms with Gasteiger partial charge in [-0.1, -0.05) is 0 Å². The first kappa shape index (κ1) is 24.7. The van der Waals surface area contributed by atoms with Gasteiger partial charge in [-0.15, -0.1) is 24.0 Å². The summed E-state index contributed by atoms with van der Waals surface area (Å²) in [6.45, 7) is 3.53. The number of halogens is 4. The average Bonchev–Trinajstić information content (AvgIpc) is 2.53. The van der Waals surface area contributed by atoms with E-state index in [1.54, 1.807) is 7.05 Å². The van der Waals surface area contributed by atoms with Gasteiger partial charge in [0, 0.05) is 45.9 Å². The summed E-state index contributed by atoms with van der Waals surface area (Å²) in [5.74, 6) is 0.545. The molecule has 1 aliphatic heterocycles. The molecular weight excluding hydrogens is 476 g/mol. The fraction of sp³-hybridized carbons (Fsp3) is 0.923. The van der Waals surface area contributed by atoms with Crippen molar-refractivity contribution in [2.45, 2.75) is 37.7 Å². The van der Waals surface area contributed by atoms with Crippen molar-refractivity contribution in [2.24, 2.45) is 4.99 Å². The van der Waals surface area contributed by atoms with Crippen LogP contribution in [-0.2, 0) is 14.8 Å². The maximum atomic E-state index is 12.5. The molecule has 1 fully saturated rings. The topological polar surface area (TPSA) is 83.0 Å². The molecule has 0 aromatic rings. The molecule has 0 radical (unpaired) electrons. The lowest BCUT2D eigenvalue weighted by Gasteiger charge is -2.32. The molecule has 2 N–H and O–H groups in total. The van der Waals surface area contributed by atoms with Gasteiger partial charge in [0.15, 0.2) is 5.96 Å². The molecule has 1 heterocycles. The van der Waals surface area contributed by atoms with Crippen molar-refractivity contribution in [1.82, 2.24) is 14.9 Å². The molecule has 0 saturated carbocycles. The van der Waals surface area contributed by atoms with E-state index < -0.39 is 15.5 Å². The summed E-state index contributed by atoms with van der Waals surface area (Å²) in [6.07, 6.45) is 1.38. The zero-order valence-corrected chi connectivity index (χ0v) is 17.5. The van der Waals surface area contributed by atoms with E-state index in [1.807, 2.05) is 6.92 Å². The number of aliphatic imine (C=N–C) groups is 1. The van der Waals surface area contributed by atoms with Crippen molar-refractivity contribution < 1.29 is 26.3 Å². The Morgan fingerprint density at radius 1 is 1.32 bits per heavy atom. The fourth-order valence-electron chi connectivity index (χ4n) is 2.30. The molecule has 0 aromatic heterocycles. The van der Waals surface area contributed by atoms with Gasteiger partial charge in [0.05, 0.1) is 0 Å². The van der Waals surface area contributed by atoms with E-state index in [0.717, 1.165) is 6.42 Å². The summed E-state index contributed by atoms with van der Waals surface area (Å²) >= 11 is 0. The zero-order chi connectivity index (χ0) is 18.2. The summed E-state index contributed by atoms with van der Waals surface area (Å²) in [5.41, 5.74) is -5.24. The second kappa shape index (κ2) is 11.4. The summed E-state index contributed by atoms with van der Waals surface area (Å²) in [6, 6.07) is -0.122. The molecular formula is C13H26F3IN4O3S. The number of sulfonamides is 1. The summed E-state index contributed by atoms with van der Waals surface area (Å²) < 4.78 is 66.0. The minimum absolute atomic E-state index is 0. The molecule has 1 saturated heterocycles. The lowest BCUT2D eigenvalue weighted by atomic mass is 10.1. The number of hydrogen-bond donors (Lipinski definition) is 2. The maximum Gasteiger partial charge on any atom is 0.511 e. The Morgan fingerprint density at radius 3 is 2.40 bits per heavy atom. The Labute approximate surface area is 163 Å². The van der Waals surface area contributed by atoms with Crippen molar-refractivity contribution >= 4 is 40.0 Å². The van der Waals surface area contributed by atoms with Crippen LogP contribution in [0.25, 0.3) is 0 Å². The van der Waals surface area contributed by atoms with Gasteiger partial charge < -0.3 is 15.4 Å². The van der Waals surface area contributed by atoms with Gasteiger partial charge in [0.25, 0.3) is 0 Å². The Bertz CT molecular complexity index is 509. The molecule has 0 spiro atoms. The Balaban J connectivity index is 0.00000576. The quantitative estimate of drug-likeness (QED) is 0.239. The normalized spacial score (nSPS) is 17.9. The number of guanidine groups is 1. The third-order valence-corrected chi connectivity index (χ3v) is 5.24. The largest absolute Gasteiger partial charge is 0.511 e. The summed E-state index contributed by atoms with van der Waals surface area (Å²) in [5, 5.41) is 6.19. The van der Waals surface area contributed by atoms with Gasteiger partial charge in [-0.05, 0) is 26.2 Å². The van der Waals surface area contributed by atoms with Crippen LogP contribution in [0.4, 0.5) is 13.2 Å². The number of nitrogens with zero attached hydrogens (tertiary/aromatic N) is 2. The van der Waals surface area contributed by atoms with Crippen molar-refractivity contribution in [3.05, 3.63) is 0 Å². The van der Waals surface area contributed by atoms with Crippen LogP contribution >= 0.6 is 24.0 Å². The van der Waals surface area contributed by atoms with Gasteiger partial charge in [0.2, 0.25) is 0 Å². The zero-order valence-electron chi connectivity index (χ0n) is 14.3. The Morgan fingerprint density at radius 2 is 1.92 bits per heavy atom. The first-order valence-corrected chi connectivity index (χ1v) is 9.27. The molecule has 0 aromatic carbocycles. The summed E-state index contributed by atoms with van der Waals surface area (Å²) in [4.78, 5) is 4.05. The van der Waals surface area contributed by atoms with Crippen LogP contribution in [0.3, 0.4) is 0 Å². The highest BCUT2D eigenvalue weighted by Gasteiger charge is 2.50. The number of hydrogen-bond acceptors (Lipinski definition) is 4. The van der Waals surface area contributed by atoms with E-state index >= 15 is 0 Å². The minimum atomic E-state index is -5.24. The summed E-state index contributed by atoms with van der Waals surface area (Å²) in [7, 11) is -3.64. The second-order valence-electron chi connectivity index (χ2n) is 5.32. The van der Waals surface area contributed by atoms with E-state index in [0.29, 0.717) is 30.0 Å². The average molecular weight is 502 g/mol. The van der Waals surface area contributed by atoms with Gasteiger partial charge in [-0.2, -0.15) is 17.5 Å². The predicted molar refractivity (Wildman–Crippen MR) is 101 cm³/mol. The highest BCUT2D eigenvalue weighted by Crippen LogP contribution is 2.28. The van der Waals surface area contributed by atoms with Crippen molar-refractivity contribution in [3.8, 4) is 0 Å². The molecule has 12 heteroatoms. The number of ether oxygens (including phenoxy) is 1. The van der Waals surface area contributed by atoms with Crippen molar-refractivity contribution in [2.75, 3.05) is 39.9 Å². The molecule has 25 heavy (non-hydrogen) atoms. The standard InChI is InChI=1S/C13H25F3N4O3S.HI/c1-3-23-10-4-7-18-12(17-2)19-11-5-8-20(9-6-11)24(21,22)13(14,15)16;/h11H,3-10H2,1-2H3,(H2,17,18,19);1H. The van der Waals surface area contributed by atoms with Crippen LogP contribution in [0, 0.1) is 0 Å². The van der Waals surface area contributed by atoms with Crippen LogP contribution in [-0.4, -0.2) is 70.1 Å². The highest BCUT2D eigenvalue weighted by atomic mass is 127. The maximum absolute atomic E-state index is 12.5. The van der Waals surface area contributed by atoms with Crippen LogP contribution in [0.15, 0.2) is 4.99 Å². The van der Waals surface area contributed by atoms with E-state index in [1.165, 1.54) is 0 Å². The number of nitrogens with one attached hydrogen (secondary N) is 2. The molecule has 0 unspecified atom stereocenters. The van der Waals surface area contributed by atoms with Crippen LogP contribution in [0.1, 0.15) is 26.2 Å². The van der Waals surface area contributed by atoms with E-state index in [4.69, 9.17) is 4.74 Å². The van der Waals surface area contributed by atoms with E-state index in [-0.39, 0.29) is 55.9 Å². The smallest absolute Gasteiger partial charge is 0.382 e. The monoisotopic (exact) mass is 502 g/mol. The molecule has 150 valence electrons. The molecule has 0 bridgehead atoms.